The zero-order chi connectivity index (χ0) is 18.7. The number of guanidine groups is 1. The van der Waals surface area contributed by atoms with E-state index in [1.165, 1.54) is 0 Å². The van der Waals surface area contributed by atoms with E-state index in [0.717, 1.165) is 70.6 Å². The number of aliphatic imine (C=N–C) groups is 1. The topological polar surface area (TPSA) is 58.1 Å². The summed E-state index contributed by atoms with van der Waals surface area (Å²) in [5.74, 6) is 1.79. The van der Waals surface area contributed by atoms with Crippen molar-refractivity contribution in [1.82, 2.24) is 15.5 Å². The second kappa shape index (κ2) is 13.2. The fourth-order valence-corrected chi connectivity index (χ4v) is 2.94. The highest BCUT2D eigenvalue weighted by molar-refractivity contribution is 14.0. The molecule has 1 aromatic carbocycles. The Hall–Kier alpha value is -1.06. The summed E-state index contributed by atoms with van der Waals surface area (Å²) in [6.07, 6.45) is 2.05. The molecule has 2 rings (SSSR count). The number of para-hydroxylation sites is 1. The van der Waals surface area contributed by atoms with Gasteiger partial charge < -0.3 is 20.1 Å². The van der Waals surface area contributed by atoms with E-state index in [0.29, 0.717) is 0 Å². The van der Waals surface area contributed by atoms with E-state index in [1.54, 1.807) is 0 Å². The molecule has 7 heteroatoms. The number of halogens is 1. The van der Waals surface area contributed by atoms with Gasteiger partial charge >= 0.3 is 0 Å². The average Bonchev–Trinajstić information content (AvgIpc) is 2.68. The van der Waals surface area contributed by atoms with Gasteiger partial charge in [-0.1, -0.05) is 18.2 Å². The van der Waals surface area contributed by atoms with Crippen molar-refractivity contribution in [1.29, 1.82) is 0 Å². The highest BCUT2D eigenvalue weighted by Gasteiger charge is 2.28. The molecule has 1 heterocycles. The average molecular weight is 490 g/mol. The Morgan fingerprint density at radius 2 is 1.85 bits per heavy atom. The van der Waals surface area contributed by atoms with E-state index in [9.17, 15) is 0 Å². The molecule has 6 nitrogen and oxygen atoms in total. The van der Waals surface area contributed by atoms with Gasteiger partial charge in [0.2, 0.25) is 0 Å². The highest BCUT2D eigenvalue weighted by Crippen LogP contribution is 2.15. The first kappa shape index (κ1) is 24.0. The molecule has 1 aromatic rings. The minimum atomic E-state index is 0. The standard InChI is InChI=1S/C20H34N4O2.HI/c1-20(2,24-12-15-25-16-13-24)17-23-19(21-3)22-11-7-8-14-26-18-9-5-4-6-10-18;/h4-6,9-10H,7-8,11-17H2,1-3H3,(H2,21,22,23);1H. The molecular weight excluding hydrogens is 455 g/mol. The van der Waals surface area contributed by atoms with Crippen molar-refractivity contribution in [2.75, 3.05) is 53.0 Å². The van der Waals surface area contributed by atoms with Crippen LogP contribution in [0.5, 0.6) is 5.75 Å². The van der Waals surface area contributed by atoms with Crippen LogP contribution in [0.4, 0.5) is 0 Å². The van der Waals surface area contributed by atoms with Crippen molar-refractivity contribution < 1.29 is 9.47 Å². The molecule has 0 bridgehead atoms. The van der Waals surface area contributed by atoms with Crippen LogP contribution < -0.4 is 15.4 Å². The fraction of sp³-hybridized carbons (Fsp3) is 0.650. The molecule has 0 atom stereocenters. The summed E-state index contributed by atoms with van der Waals surface area (Å²) in [5.41, 5.74) is 0.0743. The first-order chi connectivity index (χ1) is 12.6. The third-order valence-electron chi connectivity index (χ3n) is 4.65. The van der Waals surface area contributed by atoms with Gasteiger partial charge in [0.05, 0.1) is 19.8 Å². The summed E-state index contributed by atoms with van der Waals surface area (Å²) in [5, 5.41) is 6.83. The molecule has 0 aromatic heterocycles. The van der Waals surface area contributed by atoms with E-state index < -0.39 is 0 Å². The molecule has 1 fully saturated rings. The minimum absolute atomic E-state index is 0. The molecule has 0 amide bonds. The predicted octanol–water partition coefficient (Wildman–Crippen LogP) is 2.74. The molecule has 1 aliphatic rings. The monoisotopic (exact) mass is 490 g/mol. The maximum Gasteiger partial charge on any atom is 0.191 e. The second-order valence-electron chi connectivity index (χ2n) is 7.13. The van der Waals surface area contributed by atoms with Gasteiger partial charge in [0.25, 0.3) is 0 Å². The fourth-order valence-electron chi connectivity index (χ4n) is 2.94. The number of ether oxygens (including phenoxy) is 2. The lowest BCUT2D eigenvalue weighted by molar-refractivity contribution is -0.00833. The van der Waals surface area contributed by atoms with Gasteiger partial charge in [-0.15, -0.1) is 24.0 Å². The molecule has 0 saturated carbocycles. The van der Waals surface area contributed by atoms with Crippen LogP contribution in [0.2, 0.25) is 0 Å². The number of hydrogen-bond donors (Lipinski definition) is 2. The first-order valence-electron chi connectivity index (χ1n) is 9.57. The number of nitrogens with zero attached hydrogens (tertiary/aromatic N) is 2. The van der Waals surface area contributed by atoms with E-state index in [4.69, 9.17) is 9.47 Å². The zero-order valence-electron chi connectivity index (χ0n) is 16.9. The maximum atomic E-state index is 5.71. The maximum absolute atomic E-state index is 5.71. The molecule has 1 aliphatic heterocycles. The molecule has 0 radical (unpaired) electrons. The van der Waals surface area contributed by atoms with Gasteiger partial charge in [-0.2, -0.15) is 0 Å². The normalized spacial score (nSPS) is 15.7. The predicted molar refractivity (Wildman–Crippen MR) is 122 cm³/mol. The Morgan fingerprint density at radius 3 is 2.52 bits per heavy atom. The third-order valence-corrected chi connectivity index (χ3v) is 4.65. The van der Waals surface area contributed by atoms with Crippen molar-refractivity contribution in [2.24, 2.45) is 4.99 Å². The molecule has 154 valence electrons. The van der Waals surface area contributed by atoms with Crippen molar-refractivity contribution in [2.45, 2.75) is 32.2 Å². The van der Waals surface area contributed by atoms with Gasteiger partial charge in [-0.05, 0) is 38.8 Å². The quantitative estimate of drug-likeness (QED) is 0.241. The Morgan fingerprint density at radius 1 is 1.15 bits per heavy atom. The van der Waals surface area contributed by atoms with Gasteiger partial charge in [0, 0.05) is 38.8 Å². The van der Waals surface area contributed by atoms with Crippen LogP contribution in [0.1, 0.15) is 26.7 Å². The summed E-state index contributed by atoms with van der Waals surface area (Å²) in [6, 6.07) is 9.95. The van der Waals surface area contributed by atoms with Crippen LogP contribution in [0, 0.1) is 0 Å². The van der Waals surface area contributed by atoms with E-state index in [-0.39, 0.29) is 29.5 Å². The number of benzene rings is 1. The van der Waals surface area contributed by atoms with E-state index in [2.05, 4.69) is 34.4 Å². The second-order valence-corrected chi connectivity index (χ2v) is 7.13. The molecule has 2 N–H and O–H groups in total. The highest BCUT2D eigenvalue weighted by atomic mass is 127. The van der Waals surface area contributed by atoms with Crippen LogP contribution in [0.3, 0.4) is 0 Å². The molecule has 0 unspecified atom stereocenters. The largest absolute Gasteiger partial charge is 0.494 e. The number of rotatable bonds is 9. The lowest BCUT2D eigenvalue weighted by Crippen LogP contribution is -2.56. The van der Waals surface area contributed by atoms with Gasteiger partial charge in [0.15, 0.2) is 5.96 Å². The van der Waals surface area contributed by atoms with Crippen LogP contribution in [0.25, 0.3) is 0 Å². The first-order valence-corrected chi connectivity index (χ1v) is 9.57. The number of nitrogens with one attached hydrogen (secondary N) is 2. The number of hydrogen-bond acceptors (Lipinski definition) is 4. The Kier molecular flexibility index (Phi) is 11.7. The molecule has 0 spiro atoms. The summed E-state index contributed by atoms with van der Waals surface area (Å²) in [4.78, 5) is 6.79. The smallest absolute Gasteiger partial charge is 0.191 e. The lowest BCUT2D eigenvalue weighted by Gasteiger charge is -2.41. The van der Waals surface area contributed by atoms with E-state index in [1.807, 2.05) is 37.4 Å². The van der Waals surface area contributed by atoms with Gasteiger partial charge in [0.1, 0.15) is 5.75 Å². The minimum Gasteiger partial charge on any atom is -0.494 e. The van der Waals surface area contributed by atoms with Crippen molar-refractivity contribution in [3.05, 3.63) is 30.3 Å². The van der Waals surface area contributed by atoms with Crippen LogP contribution in [-0.2, 0) is 4.74 Å². The lowest BCUT2D eigenvalue weighted by atomic mass is 10.0. The summed E-state index contributed by atoms with van der Waals surface area (Å²) in [7, 11) is 1.82. The van der Waals surface area contributed by atoms with E-state index >= 15 is 0 Å². The van der Waals surface area contributed by atoms with Crippen LogP contribution in [-0.4, -0.2) is 69.4 Å². The Labute approximate surface area is 181 Å². The molecule has 27 heavy (non-hydrogen) atoms. The van der Waals surface area contributed by atoms with Crippen molar-refractivity contribution in [3.8, 4) is 5.75 Å². The number of unbranched alkanes of at least 4 members (excludes halogenated alkanes) is 1. The van der Waals surface area contributed by atoms with Crippen molar-refractivity contribution >= 4 is 29.9 Å². The zero-order valence-corrected chi connectivity index (χ0v) is 19.2. The van der Waals surface area contributed by atoms with Crippen molar-refractivity contribution in [3.63, 3.8) is 0 Å². The summed E-state index contributed by atoms with van der Waals surface area (Å²) in [6.45, 7) is 10.6. The number of morpholine rings is 1. The molecular formula is C20H35IN4O2. The SMILES string of the molecule is CN=C(NCCCCOc1ccccc1)NCC(C)(C)N1CCOCC1.I. The third kappa shape index (κ3) is 9.12. The van der Waals surface area contributed by atoms with Gasteiger partial charge in [-0.3, -0.25) is 9.89 Å². The molecule has 1 saturated heterocycles. The van der Waals surface area contributed by atoms with Crippen LogP contribution >= 0.6 is 24.0 Å². The Balaban J connectivity index is 0.00000364. The van der Waals surface area contributed by atoms with Crippen LogP contribution in [0.15, 0.2) is 35.3 Å². The molecule has 0 aliphatic carbocycles. The summed E-state index contributed by atoms with van der Waals surface area (Å²) < 4.78 is 11.2. The van der Waals surface area contributed by atoms with Gasteiger partial charge in [-0.25, -0.2) is 0 Å². The Bertz CT molecular complexity index is 534. The summed E-state index contributed by atoms with van der Waals surface area (Å²) >= 11 is 0.